The quantitative estimate of drug-likeness (QED) is 0.333. The zero-order chi connectivity index (χ0) is 27.4. The standard InChI is InChI=1S/C19H29BO3.C13H17BrO/c1-17(2)18(3,4)23-20(22-17)16-11-9-15(10-12-16)19(21-5)13-7-6-8-14-19;1-15-13(9-3-2-4-10-13)11-5-7-12(14)8-6-11/h9-12H,6-8,13-14H2,1-5H3;5-8H,2-4,9-10H2,1H3. The maximum Gasteiger partial charge on any atom is 0.494 e. The van der Waals surface area contributed by atoms with Gasteiger partial charge in [0.1, 0.15) is 0 Å². The predicted octanol–water partition coefficient (Wildman–Crippen LogP) is 8.05. The summed E-state index contributed by atoms with van der Waals surface area (Å²) in [6, 6.07) is 17.2. The Bertz CT molecular complexity index is 1010. The van der Waals surface area contributed by atoms with Crippen LogP contribution in [-0.2, 0) is 30.0 Å². The second-order valence-corrected chi connectivity index (χ2v) is 13.2. The number of halogens is 1. The Balaban J connectivity index is 0.000000194. The molecule has 208 valence electrons. The molecule has 2 aromatic carbocycles. The van der Waals surface area contributed by atoms with Gasteiger partial charge in [-0.2, -0.15) is 0 Å². The Morgan fingerprint density at radius 2 is 0.974 bits per heavy atom. The molecule has 1 heterocycles. The molecule has 38 heavy (non-hydrogen) atoms. The van der Waals surface area contributed by atoms with Gasteiger partial charge in [-0.05, 0) is 82.1 Å². The zero-order valence-corrected chi connectivity index (χ0v) is 25.9. The minimum Gasteiger partial charge on any atom is -0.399 e. The van der Waals surface area contributed by atoms with Crippen LogP contribution in [0.25, 0.3) is 0 Å². The highest BCUT2D eigenvalue weighted by Crippen LogP contribution is 2.41. The fraction of sp³-hybridized carbons (Fsp3) is 0.625. The van der Waals surface area contributed by atoms with Gasteiger partial charge in [0.15, 0.2) is 0 Å². The lowest BCUT2D eigenvalue weighted by Gasteiger charge is -2.36. The van der Waals surface area contributed by atoms with E-state index in [1.807, 2.05) is 14.2 Å². The average Bonchev–Trinajstić information content (AvgIpc) is 3.16. The summed E-state index contributed by atoms with van der Waals surface area (Å²) in [6.45, 7) is 8.35. The lowest BCUT2D eigenvalue weighted by Crippen LogP contribution is -2.41. The van der Waals surface area contributed by atoms with Gasteiger partial charge in [0.25, 0.3) is 0 Å². The van der Waals surface area contributed by atoms with Crippen molar-refractivity contribution >= 4 is 28.5 Å². The molecule has 4 nitrogen and oxygen atoms in total. The molecule has 0 radical (unpaired) electrons. The minimum absolute atomic E-state index is 0.0149. The SMILES string of the molecule is COC1(c2ccc(B3OC(C)(C)C(C)(C)O3)cc2)CCCCC1.COC1(c2ccc(Br)cc2)CCCCC1. The van der Waals surface area contributed by atoms with Gasteiger partial charge in [-0.3, -0.25) is 0 Å². The smallest absolute Gasteiger partial charge is 0.399 e. The summed E-state index contributed by atoms with van der Waals surface area (Å²) in [5.74, 6) is 0. The van der Waals surface area contributed by atoms with E-state index >= 15 is 0 Å². The van der Waals surface area contributed by atoms with Crippen molar-refractivity contribution in [3.05, 3.63) is 64.1 Å². The third-order valence-electron chi connectivity index (χ3n) is 9.44. The lowest BCUT2D eigenvalue weighted by molar-refractivity contribution is -0.0446. The normalized spacial score (nSPS) is 23.4. The number of ether oxygens (including phenoxy) is 2. The Kier molecular flexibility index (Phi) is 9.52. The topological polar surface area (TPSA) is 36.9 Å². The second-order valence-electron chi connectivity index (χ2n) is 12.2. The van der Waals surface area contributed by atoms with Crippen molar-refractivity contribution in [2.45, 2.75) is 114 Å². The Morgan fingerprint density at radius 3 is 1.34 bits per heavy atom. The van der Waals surface area contributed by atoms with Crippen molar-refractivity contribution < 1.29 is 18.8 Å². The maximum absolute atomic E-state index is 6.13. The largest absolute Gasteiger partial charge is 0.494 e. The van der Waals surface area contributed by atoms with E-state index in [0.29, 0.717) is 0 Å². The lowest BCUT2D eigenvalue weighted by atomic mass is 9.75. The van der Waals surface area contributed by atoms with Crippen LogP contribution >= 0.6 is 15.9 Å². The van der Waals surface area contributed by atoms with Gasteiger partial charge >= 0.3 is 7.12 Å². The van der Waals surface area contributed by atoms with Crippen LogP contribution in [0.1, 0.15) is 103 Å². The first-order valence-corrected chi connectivity index (χ1v) is 15.2. The van der Waals surface area contributed by atoms with Gasteiger partial charge in [-0.1, -0.05) is 90.9 Å². The highest BCUT2D eigenvalue weighted by atomic mass is 79.9. The van der Waals surface area contributed by atoms with E-state index in [1.165, 1.54) is 49.7 Å². The van der Waals surface area contributed by atoms with Crippen LogP contribution < -0.4 is 5.46 Å². The Morgan fingerprint density at radius 1 is 0.605 bits per heavy atom. The molecular weight excluding hydrogens is 539 g/mol. The molecule has 0 aromatic heterocycles. The van der Waals surface area contributed by atoms with Gasteiger partial charge in [0, 0.05) is 18.7 Å². The highest BCUT2D eigenvalue weighted by molar-refractivity contribution is 9.10. The van der Waals surface area contributed by atoms with Crippen molar-refractivity contribution in [3.8, 4) is 0 Å². The molecule has 5 rings (SSSR count). The second kappa shape index (κ2) is 12.1. The zero-order valence-electron chi connectivity index (χ0n) is 24.3. The van der Waals surface area contributed by atoms with E-state index in [9.17, 15) is 0 Å². The van der Waals surface area contributed by atoms with E-state index in [1.54, 1.807) is 0 Å². The molecule has 0 N–H and O–H groups in total. The van der Waals surface area contributed by atoms with E-state index in [4.69, 9.17) is 18.8 Å². The minimum atomic E-state index is -0.298. The van der Waals surface area contributed by atoms with Crippen molar-refractivity contribution in [1.82, 2.24) is 0 Å². The average molecular weight is 585 g/mol. The fourth-order valence-electron chi connectivity index (χ4n) is 6.14. The van der Waals surface area contributed by atoms with Crippen LogP contribution in [0.5, 0.6) is 0 Å². The molecule has 0 atom stereocenters. The van der Waals surface area contributed by atoms with Crippen LogP contribution in [-0.4, -0.2) is 32.5 Å². The number of benzene rings is 2. The van der Waals surface area contributed by atoms with E-state index in [2.05, 4.69) is 92.2 Å². The van der Waals surface area contributed by atoms with E-state index in [-0.39, 0.29) is 29.5 Å². The van der Waals surface area contributed by atoms with Crippen molar-refractivity contribution in [2.75, 3.05) is 14.2 Å². The summed E-state index contributed by atoms with van der Waals surface area (Å²) >= 11 is 3.47. The summed E-state index contributed by atoms with van der Waals surface area (Å²) < 4.78 is 25.1. The third-order valence-corrected chi connectivity index (χ3v) is 9.97. The molecular formula is C32H46BBrO4. The molecule has 1 aliphatic heterocycles. The van der Waals surface area contributed by atoms with Crippen molar-refractivity contribution in [1.29, 1.82) is 0 Å². The number of hydrogen-bond acceptors (Lipinski definition) is 4. The summed E-state index contributed by atoms with van der Waals surface area (Å²) in [6.07, 6.45) is 12.3. The van der Waals surface area contributed by atoms with Gasteiger partial charge in [0.2, 0.25) is 0 Å². The Hall–Kier alpha value is -1.18. The molecule has 1 saturated heterocycles. The number of hydrogen-bond donors (Lipinski definition) is 0. The van der Waals surface area contributed by atoms with E-state index in [0.717, 1.165) is 35.6 Å². The molecule has 2 saturated carbocycles. The molecule has 0 spiro atoms. The summed E-state index contributed by atoms with van der Waals surface area (Å²) in [4.78, 5) is 0. The van der Waals surface area contributed by atoms with Crippen LogP contribution in [0.4, 0.5) is 0 Å². The third kappa shape index (κ3) is 6.25. The fourth-order valence-corrected chi connectivity index (χ4v) is 6.41. The number of rotatable bonds is 5. The monoisotopic (exact) mass is 584 g/mol. The van der Waals surface area contributed by atoms with Gasteiger partial charge in [0.05, 0.1) is 22.4 Å². The molecule has 2 aliphatic carbocycles. The number of methoxy groups -OCH3 is 2. The molecule has 0 bridgehead atoms. The summed E-state index contributed by atoms with van der Waals surface area (Å²) in [7, 11) is 3.39. The maximum atomic E-state index is 6.13. The first-order valence-electron chi connectivity index (χ1n) is 14.4. The molecule has 3 aliphatic rings. The van der Waals surface area contributed by atoms with Crippen LogP contribution in [0.3, 0.4) is 0 Å². The molecule has 0 unspecified atom stereocenters. The van der Waals surface area contributed by atoms with Gasteiger partial charge in [-0.15, -0.1) is 0 Å². The molecule has 3 fully saturated rings. The van der Waals surface area contributed by atoms with E-state index < -0.39 is 0 Å². The summed E-state index contributed by atoms with van der Waals surface area (Å²) in [5, 5.41) is 0. The molecule has 2 aromatic rings. The van der Waals surface area contributed by atoms with Gasteiger partial charge in [-0.25, -0.2) is 0 Å². The predicted molar refractivity (Wildman–Crippen MR) is 160 cm³/mol. The van der Waals surface area contributed by atoms with Crippen LogP contribution in [0.15, 0.2) is 53.0 Å². The van der Waals surface area contributed by atoms with Gasteiger partial charge < -0.3 is 18.8 Å². The molecule has 6 heteroatoms. The summed E-state index contributed by atoms with van der Waals surface area (Å²) in [5.41, 5.74) is 2.97. The Labute approximate surface area is 239 Å². The first-order chi connectivity index (χ1) is 18.1. The van der Waals surface area contributed by atoms with Crippen LogP contribution in [0, 0.1) is 0 Å². The first kappa shape index (κ1) is 29.8. The van der Waals surface area contributed by atoms with Crippen molar-refractivity contribution in [3.63, 3.8) is 0 Å². The highest BCUT2D eigenvalue weighted by Gasteiger charge is 2.51. The van der Waals surface area contributed by atoms with Crippen molar-refractivity contribution in [2.24, 2.45) is 0 Å². The van der Waals surface area contributed by atoms with Crippen LogP contribution in [0.2, 0.25) is 0 Å². The molecule has 0 amide bonds.